The van der Waals surface area contributed by atoms with Crippen LogP contribution in [0.15, 0.2) is 60.7 Å². The number of amides is 1. The molecule has 3 nitrogen and oxygen atoms in total. The number of hydrogen-bond donors (Lipinski definition) is 1. The Hall–Kier alpha value is -2.13. The molecule has 0 aliphatic heterocycles. The first-order chi connectivity index (χ1) is 11.7. The lowest BCUT2D eigenvalue weighted by Crippen LogP contribution is -2.41. The highest BCUT2D eigenvalue weighted by molar-refractivity contribution is 5.82. The van der Waals surface area contributed by atoms with E-state index in [4.69, 9.17) is 4.74 Å². The van der Waals surface area contributed by atoms with Gasteiger partial charge >= 0.3 is 0 Å². The van der Waals surface area contributed by atoms with Crippen LogP contribution >= 0.6 is 0 Å². The van der Waals surface area contributed by atoms with Gasteiger partial charge in [0, 0.05) is 19.1 Å². The first-order valence-corrected chi connectivity index (χ1v) is 8.66. The van der Waals surface area contributed by atoms with Gasteiger partial charge in [-0.2, -0.15) is 0 Å². The molecule has 0 bridgehead atoms. The van der Waals surface area contributed by atoms with Gasteiger partial charge in [-0.3, -0.25) is 4.79 Å². The molecular weight excluding hydrogens is 298 g/mol. The van der Waals surface area contributed by atoms with Gasteiger partial charge in [-0.05, 0) is 24.0 Å². The molecule has 3 heteroatoms. The van der Waals surface area contributed by atoms with Crippen LogP contribution in [0.5, 0.6) is 0 Å². The fraction of sp³-hybridized carbons (Fsp3) is 0.381. The summed E-state index contributed by atoms with van der Waals surface area (Å²) in [6.45, 7) is 0.669. The van der Waals surface area contributed by atoms with E-state index >= 15 is 0 Å². The van der Waals surface area contributed by atoms with Crippen LogP contribution in [0.1, 0.15) is 42.9 Å². The maximum absolute atomic E-state index is 12.7. The Balaban J connectivity index is 1.72. The van der Waals surface area contributed by atoms with Crippen molar-refractivity contribution in [3.05, 3.63) is 71.8 Å². The van der Waals surface area contributed by atoms with E-state index < -0.39 is 6.10 Å². The van der Waals surface area contributed by atoms with Crippen LogP contribution < -0.4 is 5.32 Å². The van der Waals surface area contributed by atoms with Crippen LogP contribution in [0, 0.1) is 0 Å². The van der Waals surface area contributed by atoms with Crippen molar-refractivity contribution in [2.45, 2.75) is 37.2 Å². The minimum Gasteiger partial charge on any atom is -0.367 e. The van der Waals surface area contributed by atoms with Crippen molar-refractivity contribution in [2.75, 3.05) is 13.7 Å². The zero-order valence-corrected chi connectivity index (χ0v) is 14.2. The fourth-order valence-corrected chi connectivity index (χ4v) is 3.78. The predicted octanol–water partition coefficient (Wildman–Crippen LogP) is 4.00. The molecule has 1 atom stereocenters. The summed E-state index contributed by atoms with van der Waals surface area (Å²) in [6, 6.07) is 20.2. The molecule has 0 spiro atoms. The highest BCUT2D eigenvalue weighted by Crippen LogP contribution is 2.40. The smallest absolute Gasteiger partial charge is 0.253 e. The van der Waals surface area contributed by atoms with Crippen LogP contribution in [-0.4, -0.2) is 19.6 Å². The van der Waals surface area contributed by atoms with Gasteiger partial charge in [-0.15, -0.1) is 0 Å². The zero-order valence-electron chi connectivity index (χ0n) is 14.2. The SMILES string of the molecule is COC(C(=O)NCC1(c2ccccc2)CCCC1)c1ccccc1. The summed E-state index contributed by atoms with van der Waals surface area (Å²) < 4.78 is 5.44. The van der Waals surface area contributed by atoms with E-state index in [2.05, 4.69) is 29.6 Å². The molecule has 1 saturated carbocycles. The maximum atomic E-state index is 12.7. The Morgan fingerprint density at radius 2 is 1.62 bits per heavy atom. The summed E-state index contributed by atoms with van der Waals surface area (Å²) in [4.78, 5) is 12.7. The lowest BCUT2D eigenvalue weighted by molar-refractivity contribution is -0.131. The van der Waals surface area contributed by atoms with Crippen LogP contribution in [0.25, 0.3) is 0 Å². The number of carbonyl (C=O) groups is 1. The average Bonchev–Trinajstić information content (AvgIpc) is 3.13. The predicted molar refractivity (Wildman–Crippen MR) is 95.8 cm³/mol. The zero-order chi connectivity index (χ0) is 16.8. The number of carbonyl (C=O) groups excluding carboxylic acids is 1. The largest absolute Gasteiger partial charge is 0.367 e. The van der Waals surface area contributed by atoms with E-state index in [9.17, 15) is 4.79 Å². The topological polar surface area (TPSA) is 38.3 Å². The molecule has 1 amide bonds. The van der Waals surface area contributed by atoms with Crippen molar-refractivity contribution < 1.29 is 9.53 Å². The van der Waals surface area contributed by atoms with Crippen LogP contribution in [0.3, 0.4) is 0 Å². The summed E-state index contributed by atoms with van der Waals surface area (Å²) in [7, 11) is 1.58. The summed E-state index contributed by atoms with van der Waals surface area (Å²) in [5, 5.41) is 3.15. The molecule has 126 valence electrons. The van der Waals surface area contributed by atoms with Gasteiger partial charge in [-0.25, -0.2) is 0 Å². The van der Waals surface area contributed by atoms with Crippen molar-refractivity contribution in [1.82, 2.24) is 5.32 Å². The average molecular weight is 323 g/mol. The summed E-state index contributed by atoms with van der Waals surface area (Å²) in [6.07, 6.45) is 4.13. The van der Waals surface area contributed by atoms with E-state index in [0.717, 1.165) is 18.4 Å². The molecule has 0 radical (unpaired) electrons. The van der Waals surface area contributed by atoms with Gasteiger partial charge in [0.05, 0.1) is 0 Å². The monoisotopic (exact) mass is 323 g/mol. The molecular formula is C21H25NO2. The number of ether oxygens (including phenoxy) is 1. The second kappa shape index (κ2) is 7.63. The van der Waals surface area contributed by atoms with Gasteiger partial charge in [-0.1, -0.05) is 73.5 Å². The molecule has 1 aliphatic rings. The second-order valence-electron chi connectivity index (χ2n) is 6.60. The molecule has 1 fully saturated rings. The quantitative estimate of drug-likeness (QED) is 0.872. The molecule has 0 saturated heterocycles. The van der Waals surface area contributed by atoms with Gasteiger partial charge in [0.25, 0.3) is 5.91 Å². The third-order valence-electron chi connectivity index (χ3n) is 5.12. The van der Waals surface area contributed by atoms with Crippen molar-refractivity contribution >= 4 is 5.91 Å². The van der Waals surface area contributed by atoms with E-state index in [-0.39, 0.29) is 11.3 Å². The van der Waals surface area contributed by atoms with E-state index in [1.54, 1.807) is 7.11 Å². The van der Waals surface area contributed by atoms with Gasteiger partial charge in [0.2, 0.25) is 0 Å². The van der Waals surface area contributed by atoms with Crippen LogP contribution in [-0.2, 0) is 14.9 Å². The molecule has 2 aromatic carbocycles. The third-order valence-corrected chi connectivity index (χ3v) is 5.12. The minimum atomic E-state index is -0.555. The highest BCUT2D eigenvalue weighted by Gasteiger charge is 2.36. The molecule has 3 rings (SSSR count). The van der Waals surface area contributed by atoms with Crippen LogP contribution in [0.4, 0.5) is 0 Å². The van der Waals surface area contributed by atoms with Gasteiger partial charge in [0.1, 0.15) is 0 Å². The first kappa shape index (κ1) is 16.7. The molecule has 24 heavy (non-hydrogen) atoms. The van der Waals surface area contributed by atoms with Crippen molar-refractivity contribution in [3.8, 4) is 0 Å². The maximum Gasteiger partial charge on any atom is 0.253 e. The number of methoxy groups -OCH3 is 1. The number of benzene rings is 2. The van der Waals surface area contributed by atoms with Gasteiger partial charge in [0.15, 0.2) is 6.10 Å². The van der Waals surface area contributed by atoms with Crippen molar-refractivity contribution in [2.24, 2.45) is 0 Å². The van der Waals surface area contributed by atoms with Crippen LogP contribution in [0.2, 0.25) is 0 Å². The lowest BCUT2D eigenvalue weighted by atomic mass is 9.79. The Morgan fingerprint density at radius 3 is 2.21 bits per heavy atom. The number of nitrogens with one attached hydrogen (secondary N) is 1. The van der Waals surface area contributed by atoms with Gasteiger partial charge < -0.3 is 10.1 Å². The molecule has 0 aromatic heterocycles. The number of hydrogen-bond acceptors (Lipinski definition) is 2. The molecule has 1 unspecified atom stereocenters. The Morgan fingerprint density at radius 1 is 1.04 bits per heavy atom. The molecule has 1 N–H and O–H groups in total. The Bertz CT molecular complexity index is 648. The second-order valence-corrected chi connectivity index (χ2v) is 6.60. The molecule has 2 aromatic rings. The van der Waals surface area contributed by atoms with E-state index in [1.165, 1.54) is 18.4 Å². The minimum absolute atomic E-state index is 0.0614. The standard InChI is InChI=1S/C21H25NO2/c1-24-19(17-10-4-2-5-11-17)20(23)22-16-21(14-8-9-15-21)18-12-6-3-7-13-18/h2-7,10-13,19H,8-9,14-16H2,1H3,(H,22,23). The summed E-state index contributed by atoms with van der Waals surface area (Å²) in [5.41, 5.74) is 2.28. The van der Waals surface area contributed by atoms with E-state index in [1.807, 2.05) is 36.4 Å². The lowest BCUT2D eigenvalue weighted by Gasteiger charge is -2.30. The molecule has 1 aliphatic carbocycles. The Kier molecular flexibility index (Phi) is 5.31. The summed E-state index contributed by atoms with van der Waals surface area (Å²) in [5.74, 6) is -0.0640. The van der Waals surface area contributed by atoms with Crippen molar-refractivity contribution in [3.63, 3.8) is 0 Å². The number of rotatable bonds is 6. The first-order valence-electron chi connectivity index (χ1n) is 8.66. The fourth-order valence-electron chi connectivity index (χ4n) is 3.78. The third kappa shape index (κ3) is 3.51. The molecule has 0 heterocycles. The normalized spacial score (nSPS) is 17.4. The van der Waals surface area contributed by atoms with E-state index in [0.29, 0.717) is 6.54 Å². The summed E-state index contributed by atoms with van der Waals surface area (Å²) >= 11 is 0. The Labute approximate surface area is 144 Å². The highest BCUT2D eigenvalue weighted by atomic mass is 16.5. The van der Waals surface area contributed by atoms with Crippen molar-refractivity contribution in [1.29, 1.82) is 0 Å².